The Hall–Kier alpha value is -1.56. The summed E-state index contributed by atoms with van der Waals surface area (Å²) >= 11 is 13.7. The minimum absolute atomic E-state index is 0.105. The first-order valence-corrected chi connectivity index (χ1v) is 8.13. The SMILES string of the molecule is CN(Cc1cnn(C)c1)C(=O)c1sc2cc(Cl)ccc2c1Cl. The van der Waals surface area contributed by atoms with Crippen LogP contribution in [0.1, 0.15) is 15.2 Å². The predicted octanol–water partition coefficient (Wildman–Crippen LogP) is 4.21. The molecule has 0 bridgehead atoms. The highest BCUT2D eigenvalue weighted by atomic mass is 35.5. The predicted molar refractivity (Wildman–Crippen MR) is 90.9 cm³/mol. The lowest BCUT2D eigenvalue weighted by Crippen LogP contribution is -2.25. The fraction of sp³-hybridized carbons (Fsp3) is 0.200. The van der Waals surface area contributed by atoms with Crippen LogP contribution in [0.2, 0.25) is 10.0 Å². The van der Waals surface area contributed by atoms with E-state index in [2.05, 4.69) is 5.10 Å². The molecular weight excluding hydrogens is 341 g/mol. The zero-order valence-corrected chi connectivity index (χ0v) is 14.3. The maximum absolute atomic E-state index is 12.6. The third-order valence-electron chi connectivity index (χ3n) is 3.31. The molecule has 1 amide bonds. The Labute approximate surface area is 141 Å². The van der Waals surface area contributed by atoms with Crippen molar-refractivity contribution in [3.63, 3.8) is 0 Å². The minimum atomic E-state index is -0.105. The van der Waals surface area contributed by atoms with Crippen molar-refractivity contribution in [1.82, 2.24) is 14.7 Å². The van der Waals surface area contributed by atoms with Crippen molar-refractivity contribution in [2.24, 2.45) is 7.05 Å². The molecule has 0 radical (unpaired) electrons. The summed E-state index contributed by atoms with van der Waals surface area (Å²) in [5, 5.41) is 6.08. The summed E-state index contributed by atoms with van der Waals surface area (Å²) in [6, 6.07) is 5.44. The molecule has 0 aliphatic heterocycles. The third kappa shape index (κ3) is 2.84. The van der Waals surface area contributed by atoms with Crippen molar-refractivity contribution >= 4 is 50.5 Å². The van der Waals surface area contributed by atoms with Crippen LogP contribution < -0.4 is 0 Å². The summed E-state index contributed by atoms with van der Waals surface area (Å²) in [5.41, 5.74) is 0.971. The Morgan fingerprint density at radius 2 is 2.18 bits per heavy atom. The van der Waals surface area contributed by atoms with Crippen molar-refractivity contribution in [1.29, 1.82) is 0 Å². The minimum Gasteiger partial charge on any atom is -0.337 e. The van der Waals surface area contributed by atoms with E-state index < -0.39 is 0 Å². The molecule has 22 heavy (non-hydrogen) atoms. The van der Waals surface area contributed by atoms with Crippen LogP contribution in [0.15, 0.2) is 30.6 Å². The van der Waals surface area contributed by atoms with E-state index >= 15 is 0 Å². The van der Waals surface area contributed by atoms with Gasteiger partial charge in [-0.1, -0.05) is 29.3 Å². The van der Waals surface area contributed by atoms with Crippen molar-refractivity contribution in [2.45, 2.75) is 6.54 Å². The van der Waals surface area contributed by atoms with E-state index in [1.807, 2.05) is 25.4 Å². The molecule has 0 N–H and O–H groups in total. The highest BCUT2D eigenvalue weighted by molar-refractivity contribution is 7.21. The molecular formula is C15H13Cl2N3OS. The molecule has 0 saturated carbocycles. The summed E-state index contributed by atoms with van der Waals surface area (Å²) in [4.78, 5) is 14.8. The number of benzene rings is 1. The molecule has 114 valence electrons. The molecule has 0 saturated heterocycles. The van der Waals surface area contributed by atoms with Gasteiger partial charge in [-0.25, -0.2) is 0 Å². The molecule has 7 heteroatoms. The van der Waals surface area contributed by atoms with Gasteiger partial charge in [0.2, 0.25) is 0 Å². The first-order valence-electron chi connectivity index (χ1n) is 6.56. The summed E-state index contributed by atoms with van der Waals surface area (Å²) < 4.78 is 2.62. The number of carbonyl (C=O) groups is 1. The molecule has 2 aromatic heterocycles. The quantitative estimate of drug-likeness (QED) is 0.707. The number of aryl methyl sites for hydroxylation is 1. The number of aromatic nitrogens is 2. The second-order valence-corrected chi connectivity index (χ2v) is 6.94. The Kier molecular flexibility index (Phi) is 4.12. The van der Waals surface area contributed by atoms with E-state index in [-0.39, 0.29) is 5.91 Å². The van der Waals surface area contributed by atoms with E-state index in [1.54, 1.807) is 28.9 Å². The van der Waals surface area contributed by atoms with Crippen LogP contribution in [0.4, 0.5) is 0 Å². The monoisotopic (exact) mass is 353 g/mol. The summed E-state index contributed by atoms with van der Waals surface area (Å²) in [5.74, 6) is -0.105. The molecule has 0 spiro atoms. The van der Waals surface area contributed by atoms with Crippen LogP contribution in [-0.2, 0) is 13.6 Å². The van der Waals surface area contributed by atoms with Gasteiger partial charge < -0.3 is 4.90 Å². The number of amides is 1. The smallest absolute Gasteiger partial charge is 0.265 e. The molecule has 0 aliphatic rings. The van der Waals surface area contributed by atoms with Gasteiger partial charge in [-0.05, 0) is 12.1 Å². The van der Waals surface area contributed by atoms with E-state index in [0.717, 1.165) is 15.6 Å². The van der Waals surface area contributed by atoms with Crippen molar-refractivity contribution < 1.29 is 4.79 Å². The summed E-state index contributed by atoms with van der Waals surface area (Å²) in [6.45, 7) is 0.484. The molecule has 3 rings (SSSR count). The number of thiophene rings is 1. The highest BCUT2D eigenvalue weighted by Crippen LogP contribution is 2.37. The lowest BCUT2D eigenvalue weighted by molar-refractivity contribution is 0.0790. The van der Waals surface area contributed by atoms with Crippen LogP contribution >= 0.6 is 34.5 Å². The van der Waals surface area contributed by atoms with Crippen LogP contribution in [-0.4, -0.2) is 27.6 Å². The van der Waals surface area contributed by atoms with E-state index in [9.17, 15) is 4.79 Å². The standard InChI is InChI=1S/C15H13Cl2N3OS/c1-19(7-9-6-18-20(2)8-9)15(21)14-13(17)11-4-3-10(16)5-12(11)22-14/h3-6,8H,7H2,1-2H3. The average Bonchev–Trinajstić information content (AvgIpc) is 3.02. The Bertz CT molecular complexity index is 856. The second kappa shape index (κ2) is 5.91. The van der Waals surface area contributed by atoms with Gasteiger partial charge in [-0.2, -0.15) is 5.10 Å². The molecule has 1 aromatic carbocycles. The van der Waals surface area contributed by atoms with E-state index in [1.165, 1.54) is 11.3 Å². The zero-order valence-electron chi connectivity index (χ0n) is 12.0. The number of hydrogen-bond acceptors (Lipinski definition) is 3. The number of halogens is 2. The number of hydrogen-bond donors (Lipinski definition) is 0. The van der Waals surface area contributed by atoms with Gasteiger partial charge in [0, 0.05) is 47.5 Å². The Balaban J connectivity index is 1.89. The number of carbonyl (C=O) groups excluding carboxylic acids is 1. The van der Waals surface area contributed by atoms with Crippen LogP contribution in [0.25, 0.3) is 10.1 Å². The highest BCUT2D eigenvalue weighted by Gasteiger charge is 2.20. The topological polar surface area (TPSA) is 38.1 Å². The molecule has 2 heterocycles. The molecule has 0 aliphatic carbocycles. The first-order chi connectivity index (χ1) is 10.5. The summed E-state index contributed by atoms with van der Waals surface area (Å²) in [7, 11) is 3.60. The molecule has 0 unspecified atom stereocenters. The number of rotatable bonds is 3. The number of fused-ring (bicyclic) bond motifs is 1. The largest absolute Gasteiger partial charge is 0.337 e. The maximum Gasteiger partial charge on any atom is 0.265 e. The first kappa shape index (κ1) is 15.3. The van der Waals surface area contributed by atoms with Crippen molar-refractivity contribution in [3.05, 3.63) is 51.1 Å². The maximum atomic E-state index is 12.6. The van der Waals surface area contributed by atoms with Gasteiger partial charge in [0.25, 0.3) is 5.91 Å². The normalized spacial score (nSPS) is 11.1. The average molecular weight is 354 g/mol. The van der Waals surface area contributed by atoms with Gasteiger partial charge >= 0.3 is 0 Å². The second-order valence-electron chi connectivity index (χ2n) is 5.07. The van der Waals surface area contributed by atoms with Crippen LogP contribution in [0.5, 0.6) is 0 Å². The molecule has 0 fully saturated rings. The van der Waals surface area contributed by atoms with Gasteiger partial charge in [0.1, 0.15) is 4.88 Å². The van der Waals surface area contributed by atoms with Crippen molar-refractivity contribution in [3.8, 4) is 0 Å². The third-order valence-corrected chi connectivity index (χ3v) is 5.19. The molecule has 3 aromatic rings. The fourth-order valence-electron chi connectivity index (χ4n) is 2.25. The number of nitrogens with zero attached hydrogens (tertiary/aromatic N) is 3. The lowest BCUT2D eigenvalue weighted by Gasteiger charge is -2.15. The summed E-state index contributed by atoms with van der Waals surface area (Å²) in [6.07, 6.45) is 3.63. The Morgan fingerprint density at radius 1 is 1.41 bits per heavy atom. The molecule has 0 atom stereocenters. The van der Waals surface area contributed by atoms with E-state index in [0.29, 0.717) is 21.5 Å². The van der Waals surface area contributed by atoms with Crippen molar-refractivity contribution in [2.75, 3.05) is 7.05 Å². The lowest BCUT2D eigenvalue weighted by atomic mass is 10.2. The Morgan fingerprint density at radius 3 is 2.86 bits per heavy atom. The van der Waals surface area contributed by atoms with Gasteiger partial charge in [-0.15, -0.1) is 11.3 Å². The van der Waals surface area contributed by atoms with Gasteiger partial charge in [-0.3, -0.25) is 9.48 Å². The zero-order chi connectivity index (χ0) is 15.9. The fourth-order valence-corrected chi connectivity index (χ4v) is 4.03. The van der Waals surface area contributed by atoms with Gasteiger partial charge in [0.15, 0.2) is 0 Å². The van der Waals surface area contributed by atoms with Crippen LogP contribution in [0.3, 0.4) is 0 Å². The molecule has 4 nitrogen and oxygen atoms in total. The van der Waals surface area contributed by atoms with Crippen LogP contribution in [0, 0.1) is 0 Å². The van der Waals surface area contributed by atoms with E-state index in [4.69, 9.17) is 23.2 Å². The van der Waals surface area contributed by atoms with Gasteiger partial charge in [0.05, 0.1) is 11.2 Å².